The number of amides is 4. The van der Waals surface area contributed by atoms with Crippen LogP contribution in [-0.2, 0) is 16.1 Å². The predicted octanol–water partition coefficient (Wildman–Crippen LogP) is 2.36. The van der Waals surface area contributed by atoms with Gasteiger partial charge in [-0.15, -0.1) is 0 Å². The quantitative estimate of drug-likeness (QED) is 0.747. The number of hydrogen-bond acceptors (Lipinski definition) is 4. The lowest BCUT2D eigenvalue weighted by molar-refractivity contribution is -0.138. The van der Waals surface area contributed by atoms with Crippen LogP contribution in [0.5, 0.6) is 0 Å². The number of nitrogens with zero attached hydrogens (tertiary/aromatic N) is 3. The molecule has 0 unspecified atom stereocenters. The first kappa shape index (κ1) is 19.7. The lowest BCUT2D eigenvalue weighted by Gasteiger charge is -2.29. The van der Waals surface area contributed by atoms with E-state index < -0.39 is 11.6 Å². The largest absolute Gasteiger partial charge is 0.372 e. The van der Waals surface area contributed by atoms with Gasteiger partial charge in [-0.1, -0.05) is 12.1 Å². The van der Waals surface area contributed by atoms with Crippen LogP contribution >= 0.6 is 0 Å². The van der Waals surface area contributed by atoms with E-state index in [2.05, 4.69) is 22.3 Å². The Morgan fingerprint density at radius 1 is 1.14 bits per heavy atom. The van der Waals surface area contributed by atoms with Gasteiger partial charge >= 0.3 is 6.03 Å². The number of rotatable bonds is 6. The Morgan fingerprint density at radius 3 is 2.41 bits per heavy atom. The summed E-state index contributed by atoms with van der Waals surface area (Å²) in [6, 6.07) is 7.85. The summed E-state index contributed by atoms with van der Waals surface area (Å²) in [6.07, 6.45) is 5.66. The average molecular weight is 399 g/mol. The first-order valence-corrected chi connectivity index (χ1v) is 10.6. The van der Waals surface area contributed by atoms with E-state index in [1.54, 1.807) is 18.9 Å². The van der Waals surface area contributed by atoms with Crippen molar-refractivity contribution in [3.05, 3.63) is 29.8 Å². The van der Waals surface area contributed by atoms with Gasteiger partial charge in [0, 0.05) is 32.4 Å². The average Bonchev–Trinajstić information content (AvgIpc) is 3.55. The number of anilines is 1. The predicted molar refractivity (Wildman–Crippen MR) is 110 cm³/mol. The van der Waals surface area contributed by atoms with E-state index in [9.17, 15) is 14.4 Å². The van der Waals surface area contributed by atoms with Crippen molar-refractivity contribution in [1.29, 1.82) is 0 Å². The minimum Gasteiger partial charge on any atom is -0.372 e. The van der Waals surface area contributed by atoms with Gasteiger partial charge in [-0.3, -0.25) is 14.5 Å². The van der Waals surface area contributed by atoms with Crippen LogP contribution < -0.4 is 10.2 Å². The van der Waals surface area contributed by atoms with Crippen LogP contribution in [0.25, 0.3) is 0 Å². The molecule has 0 aromatic heterocycles. The first-order chi connectivity index (χ1) is 13.9. The monoisotopic (exact) mass is 398 g/mol. The summed E-state index contributed by atoms with van der Waals surface area (Å²) in [5, 5.41) is 2.79. The van der Waals surface area contributed by atoms with Crippen LogP contribution in [0.1, 0.15) is 44.6 Å². The number of hydrogen-bond donors (Lipinski definition) is 1. The van der Waals surface area contributed by atoms with E-state index in [0.29, 0.717) is 6.54 Å². The molecule has 2 aliphatic heterocycles. The molecule has 7 heteroatoms. The Balaban J connectivity index is 1.33. The van der Waals surface area contributed by atoms with Crippen LogP contribution in [0.3, 0.4) is 0 Å². The maximum Gasteiger partial charge on any atom is 0.325 e. The Labute approximate surface area is 172 Å². The van der Waals surface area contributed by atoms with Crippen molar-refractivity contribution in [3.8, 4) is 0 Å². The summed E-state index contributed by atoms with van der Waals surface area (Å²) in [7, 11) is 1.71. The highest BCUT2D eigenvalue weighted by Crippen LogP contribution is 2.42. The van der Waals surface area contributed by atoms with Gasteiger partial charge in [0.15, 0.2) is 0 Å². The van der Waals surface area contributed by atoms with E-state index in [1.807, 2.05) is 12.1 Å². The molecular formula is C22H30N4O3. The van der Waals surface area contributed by atoms with Crippen LogP contribution in [0.4, 0.5) is 10.5 Å². The molecule has 3 aliphatic rings. The molecule has 2 heterocycles. The number of benzene rings is 1. The van der Waals surface area contributed by atoms with Crippen molar-refractivity contribution in [2.24, 2.45) is 5.92 Å². The fraction of sp³-hybridized carbons (Fsp3) is 0.591. The van der Waals surface area contributed by atoms with Crippen molar-refractivity contribution < 1.29 is 14.4 Å². The summed E-state index contributed by atoms with van der Waals surface area (Å²) in [4.78, 5) is 42.6. The zero-order chi connectivity index (χ0) is 20.6. The van der Waals surface area contributed by atoms with E-state index >= 15 is 0 Å². The fourth-order valence-electron chi connectivity index (χ4n) is 4.38. The standard InChI is InChI=1S/C22H30N4O3/c1-22(17-8-9-17)20(28)26(21(29)23-22)15-19(27)24(2)14-16-6-10-18(11-7-16)25-12-4-3-5-13-25/h6-7,10-11,17H,3-5,8-9,12-15H2,1-2H3,(H,23,29)/t22-/m1/s1. The van der Waals surface area contributed by atoms with E-state index in [1.165, 1.54) is 24.9 Å². The molecule has 4 rings (SSSR count). The lowest BCUT2D eigenvalue weighted by atomic mass is 9.96. The lowest BCUT2D eigenvalue weighted by Crippen LogP contribution is -2.47. The first-order valence-electron chi connectivity index (χ1n) is 10.6. The summed E-state index contributed by atoms with van der Waals surface area (Å²) in [5.74, 6) is -0.332. The highest BCUT2D eigenvalue weighted by Gasteiger charge is 2.56. The molecule has 0 radical (unpaired) electrons. The molecule has 1 N–H and O–H groups in total. The van der Waals surface area contributed by atoms with Gasteiger partial charge in [-0.25, -0.2) is 4.79 Å². The van der Waals surface area contributed by atoms with Gasteiger partial charge in [-0.05, 0) is 62.6 Å². The van der Waals surface area contributed by atoms with E-state index in [4.69, 9.17) is 0 Å². The molecule has 0 spiro atoms. The molecule has 2 saturated heterocycles. The number of urea groups is 1. The number of imide groups is 1. The number of piperidine rings is 1. The Bertz CT molecular complexity index is 799. The van der Waals surface area contributed by atoms with Crippen molar-refractivity contribution >= 4 is 23.5 Å². The second-order valence-corrected chi connectivity index (χ2v) is 8.76. The highest BCUT2D eigenvalue weighted by atomic mass is 16.2. The molecule has 1 saturated carbocycles. The Hall–Kier alpha value is -2.57. The maximum atomic E-state index is 12.7. The number of carbonyl (C=O) groups excluding carboxylic acids is 3. The van der Waals surface area contributed by atoms with Gasteiger partial charge in [0.1, 0.15) is 12.1 Å². The zero-order valence-corrected chi connectivity index (χ0v) is 17.3. The maximum absolute atomic E-state index is 12.7. The zero-order valence-electron chi connectivity index (χ0n) is 17.3. The third-order valence-corrected chi connectivity index (χ3v) is 6.49. The molecule has 1 atom stereocenters. The van der Waals surface area contributed by atoms with Crippen LogP contribution in [0, 0.1) is 5.92 Å². The summed E-state index contributed by atoms with van der Waals surface area (Å²) < 4.78 is 0. The van der Waals surface area contributed by atoms with Crippen LogP contribution in [-0.4, -0.2) is 59.9 Å². The van der Waals surface area contributed by atoms with E-state index in [0.717, 1.165) is 36.4 Å². The SMILES string of the molecule is CN(Cc1ccc(N2CCCCC2)cc1)C(=O)CN1C(=O)N[C@](C)(C2CC2)C1=O. The third-order valence-electron chi connectivity index (χ3n) is 6.49. The normalized spacial score (nSPS) is 24.6. The van der Waals surface area contributed by atoms with Gasteiger partial charge in [-0.2, -0.15) is 0 Å². The smallest absolute Gasteiger partial charge is 0.325 e. The molecule has 1 aliphatic carbocycles. The second kappa shape index (κ2) is 7.69. The number of carbonyl (C=O) groups is 3. The summed E-state index contributed by atoms with van der Waals surface area (Å²) in [6.45, 7) is 4.20. The molecule has 7 nitrogen and oxygen atoms in total. The van der Waals surface area contributed by atoms with Crippen molar-refractivity contribution in [3.63, 3.8) is 0 Å². The van der Waals surface area contributed by atoms with Crippen LogP contribution in [0.2, 0.25) is 0 Å². The molecule has 3 fully saturated rings. The summed E-state index contributed by atoms with van der Waals surface area (Å²) in [5.41, 5.74) is 1.41. The Morgan fingerprint density at radius 2 is 1.79 bits per heavy atom. The topological polar surface area (TPSA) is 73.0 Å². The van der Waals surface area contributed by atoms with Crippen LogP contribution in [0.15, 0.2) is 24.3 Å². The summed E-state index contributed by atoms with van der Waals surface area (Å²) >= 11 is 0. The van der Waals surface area contributed by atoms with Gasteiger partial charge in [0.25, 0.3) is 5.91 Å². The van der Waals surface area contributed by atoms with Gasteiger partial charge in [0.05, 0.1) is 0 Å². The van der Waals surface area contributed by atoms with Gasteiger partial charge in [0.2, 0.25) is 5.91 Å². The third kappa shape index (κ3) is 3.95. The fourth-order valence-corrected chi connectivity index (χ4v) is 4.38. The van der Waals surface area contributed by atoms with Crippen molar-refractivity contribution in [2.45, 2.75) is 51.1 Å². The minimum absolute atomic E-state index is 0.190. The molecule has 1 aromatic rings. The second-order valence-electron chi connectivity index (χ2n) is 8.76. The molecule has 4 amide bonds. The molecular weight excluding hydrogens is 368 g/mol. The number of likely N-dealkylation sites (N-methyl/N-ethyl adjacent to an activating group) is 1. The van der Waals surface area contributed by atoms with Crippen molar-refractivity contribution in [2.75, 3.05) is 31.6 Å². The molecule has 1 aromatic carbocycles. The molecule has 29 heavy (non-hydrogen) atoms. The van der Waals surface area contributed by atoms with E-state index in [-0.39, 0.29) is 24.3 Å². The highest BCUT2D eigenvalue weighted by molar-refractivity contribution is 6.09. The minimum atomic E-state index is -0.847. The molecule has 156 valence electrons. The molecule has 0 bridgehead atoms. The number of nitrogens with one attached hydrogen (secondary N) is 1. The van der Waals surface area contributed by atoms with Crippen molar-refractivity contribution in [1.82, 2.24) is 15.1 Å². The van der Waals surface area contributed by atoms with Gasteiger partial charge < -0.3 is 15.1 Å². The Kier molecular flexibility index (Phi) is 5.23.